The molecule has 1 aliphatic rings. The second kappa shape index (κ2) is 10.2. The standard InChI is InChI=1S/C27H26ClF3N4O2/c1-15(2)26(37)35-8-6-16(7-9-35)20-14-34(3)25-23(20)24(27(29,30)31)19(13-33-25)11-22(36)17-4-5-21(28)18(10-17)12-32/h4-5,10,13-16H,6-9,11H2,1-3H3. The van der Waals surface area contributed by atoms with Crippen molar-refractivity contribution in [3.63, 3.8) is 0 Å². The molecule has 6 nitrogen and oxygen atoms in total. The lowest BCUT2D eigenvalue weighted by Gasteiger charge is -2.33. The van der Waals surface area contributed by atoms with Gasteiger partial charge in [-0.25, -0.2) is 4.98 Å². The van der Waals surface area contributed by atoms with Crippen molar-refractivity contribution in [1.29, 1.82) is 5.26 Å². The molecule has 3 heterocycles. The van der Waals surface area contributed by atoms with Crippen LogP contribution in [-0.2, 0) is 24.4 Å². The number of nitrogens with zero attached hydrogens (tertiary/aromatic N) is 4. The summed E-state index contributed by atoms with van der Waals surface area (Å²) in [6, 6.07) is 5.93. The number of Topliss-reactive ketones (excluding diaryl/α,β-unsaturated/α-hetero) is 1. The van der Waals surface area contributed by atoms with Gasteiger partial charge < -0.3 is 9.47 Å². The van der Waals surface area contributed by atoms with E-state index in [-0.39, 0.29) is 50.5 Å². The Morgan fingerprint density at radius 2 is 1.92 bits per heavy atom. The number of piperidine rings is 1. The average Bonchev–Trinajstić information content (AvgIpc) is 3.19. The third-order valence-corrected chi connectivity index (χ3v) is 7.21. The summed E-state index contributed by atoms with van der Waals surface area (Å²) >= 11 is 5.93. The zero-order valence-electron chi connectivity index (χ0n) is 20.7. The molecule has 1 aliphatic heterocycles. The van der Waals surface area contributed by atoms with Crippen molar-refractivity contribution in [2.45, 2.75) is 45.2 Å². The van der Waals surface area contributed by atoms with Gasteiger partial charge in [-0.1, -0.05) is 25.4 Å². The molecule has 1 aromatic carbocycles. The first-order chi connectivity index (χ1) is 17.4. The third-order valence-electron chi connectivity index (χ3n) is 6.88. The Labute approximate surface area is 217 Å². The smallest absolute Gasteiger partial charge is 0.342 e. The van der Waals surface area contributed by atoms with Crippen molar-refractivity contribution in [3.8, 4) is 6.07 Å². The Bertz CT molecular complexity index is 1410. The normalized spacial score (nSPS) is 14.8. The number of rotatable bonds is 5. The number of hydrogen-bond acceptors (Lipinski definition) is 4. The number of fused-ring (bicyclic) bond motifs is 1. The van der Waals surface area contributed by atoms with Crippen LogP contribution < -0.4 is 0 Å². The molecular weight excluding hydrogens is 505 g/mol. The number of aryl methyl sites for hydroxylation is 1. The van der Waals surface area contributed by atoms with Crippen LogP contribution in [0.25, 0.3) is 11.0 Å². The predicted octanol–water partition coefficient (Wildman–Crippen LogP) is 5.90. The lowest BCUT2D eigenvalue weighted by molar-refractivity contribution is -0.137. The number of alkyl halides is 3. The van der Waals surface area contributed by atoms with Gasteiger partial charge >= 0.3 is 6.18 Å². The van der Waals surface area contributed by atoms with Gasteiger partial charge in [0.2, 0.25) is 5.91 Å². The summed E-state index contributed by atoms with van der Waals surface area (Å²) in [5, 5.41) is 9.35. The summed E-state index contributed by atoms with van der Waals surface area (Å²) < 4.78 is 45.2. The van der Waals surface area contributed by atoms with Gasteiger partial charge in [0.05, 0.1) is 16.1 Å². The highest BCUT2D eigenvalue weighted by atomic mass is 35.5. The maximum atomic E-state index is 14.6. The van der Waals surface area contributed by atoms with Crippen LogP contribution in [-0.4, -0.2) is 39.2 Å². The zero-order chi connectivity index (χ0) is 27.1. The van der Waals surface area contributed by atoms with E-state index in [1.807, 2.05) is 19.9 Å². The molecule has 2 aromatic heterocycles. The minimum atomic E-state index is -4.72. The van der Waals surface area contributed by atoms with Gasteiger partial charge in [-0.3, -0.25) is 9.59 Å². The fourth-order valence-electron chi connectivity index (χ4n) is 5.02. The summed E-state index contributed by atoms with van der Waals surface area (Å²) in [4.78, 5) is 31.4. The lowest BCUT2D eigenvalue weighted by Crippen LogP contribution is -2.40. The Morgan fingerprint density at radius 3 is 2.51 bits per heavy atom. The largest absolute Gasteiger partial charge is 0.417 e. The molecule has 1 fully saturated rings. The molecule has 0 radical (unpaired) electrons. The quantitative estimate of drug-likeness (QED) is 0.384. The van der Waals surface area contributed by atoms with E-state index in [9.17, 15) is 28.0 Å². The fraction of sp³-hybridized carbons (Fsp3) is 0.407. The number of hydrogen-bond donors (Lipinski definition) is 0. The monoisotopic (exact) mass is 530 g/mol. The second-order valence-electron chi connectivity index (χ2n) is 9.71. The van der Waals surface area contributed by atoms with E-state index in [1.54, 1.807) is 22.7 Å². The maximum Gasteiger partial charge on any atom is 0.417 e. The SMILES string of the molecule is CC(C)C(=O)N1CCC(c2cn(C)c3ncc(CC(=O)c4ccc(Cl)c(C#N)c4)c(C(F)(F)F)c23)CC1. The van der Waals surface area contributed by atoms with E-state index in [0.29, 0.717) is 31.5 Å². The molecule has 0 atom stereocenters. The number of amides is 1. The first-order valence-electron chi connectivity index (χ1n) is 12.0. The molecule has 0 spiro atoms. The molecule has 0 unspecified atom stereocenters. The Hall–Kier alpha value is -3.38. The van der Waals surface area contributed by atoms with Crippen molar-refractivity contribution in [2.24, 2.45) is 13.0 Å². The van der Waals surface area contributed by atoms with E-state index >= 15 is 0 Å². The number of benzene rings is 1. The molecule has 37 heavy (non-hydrogen) atoms. The highest BCUT2D eigenvalue weighted by Gasteiger charge is 2.39. The highest BCUT2D eigenvalue weighted by molar-refractivity contribution is 6.31. The Balaban J connectivity index is 1.74. The van der Waals surface area contributed by atoms with E-state index < -0.39 is 23.9 Å². The van der Waals surface area contributed by atoms with E-state index in [0.717, 1.165) is 6.20 Å². The van der Waals surface area contributed by atoms with E-state index in [2.05, 4.69) is 4.98 Å². The summed E-state index contributed by atoms with van der Waals surface area (Å²) in [5.74, 6) is -0.849. The molecule has 0 saturated carbocycles. The lowest BCUT2D eigenvalue weighted by atomic mass is 9.87. The van der Waals surface area contributed by atoms with Gasteiger partial charge in [-0.15, -0.1) is 0 Å². The third kappa shape index (κ3) is 5.21. The number of likely N-dealkylation sites (tertiary alicyclic amines) is 1. The first-order valence-corrected chi connectivity index (χ1v) is 12.4. The van der Waals surface area contributed by atoms with Crippen molar-refractivity contribution in [1.82, 2.24) is 14.5 Å². The van der Waals surface area contributed by atoms with Crippen LogP contribution in [0, 0.1) is 17.2 Å². The van der Waals surface area contributed by atoms with Gasteiger partial charge in [0.1, 0.15) is 11.7 Å². The van der Waals surface area contributed by atoms with Crippen molar-refractivity contribution in [2.75, 3.05) is 13.1 Å². The van der Waals surface area contributed by atoms with Crippen molar-refractivity contribution < 1.29 is 22.8 Å². The Kier molecular flexibility index (Phi) is 7.33. The minimum Gasteiger partial charge on any atom is -0.342 e. The van der Waals surface area contributed by atoms with Crippen LogP contribution in [0.1, 0.15) is 65.2 Å². The summed E-state index contributed by atoms with van der Waals surface area (Å²) in [6.45, 7) is 4.61. The summed E-state index contributed by atoms with van der Waals surface area (Å²) in [5.41, 5.74) is -0.191. The molecule has 1 saturated heterocycles. The number of ketones is 1. The van der Waals surface area contributed by atoms with E-state index in [1.165, 1.54) is 18.2 Å². The van der Waals surface area contributed by atoms with Crippen LogP contribution in [0.2, 0.25) is 5.02 Å². The predicted molar refractivity (Wildman–Crippen MR) is 133 cm³/mol. The topological polar surface area (TPSA) is 79.0 Å². The molecule has 1 amide bonds. The fourth-order valence-corrected chi connectivity index (χ4v) is 5.18. The number of halogens is 4. The average molecular weight is 531 g/mol. The second-order valence-corrected chi connectivity index (χ2v) is 10.1. The zero-order valence-corrected chi connectivity index (χ0v) is 21.5. The highest BCUT2D eigenvalue weighted by Crippen LogP contribution is 2.43. The van der Waals surface area contributed by atoms with Crippen LogP contribution in [0.15, 0.2) is 30.6 Å². The number of carbonyl (C=O) groups excluding carboxylic acids is 2. The molecule has 10 heteroatoms. The number of pyridine rings is 1. The maximum absolute atomic E-state index is 14.6. The Morgan fingerprint density at radius 1 is 1.24 bits per heavy atom. The molecule has 4 rings (SSSR count). The minimum absolute atomic E-state index is 0.00255. The van der Waals surface area contributed by atoms with Gasteiger partial charge in [-0.05, 0) is 48.1 Å². The number of aromatic nitrogens is 2. The number of carbonyl (C=O) groups is 2. The molecule has 0 bridgehead atoms. The molecule has 194 valence electrons. The van der Waals surface area contributed by atoms with Crippen LogP contribution in [0.3, 0.4) is 0 Å². The molecule has 0 N–H and O–H groups in total. The van der Waals surface area contributed by atoms with Gasteiger partial charge in [-0.2, -0.15) is 18.4 Å². The van der Waals surface area contributed by atoms with Gasteiger partial charge in [0, 0.05) is 55.8 Å². The van der Waals surface area contributed by atoms with Crippen LogP contribution in [0.4, 0.5) is 13.2 Å². The van der Waals surface area contributed by atoms with Crippen molar-refractivity contribution in [3.05, 3.63) is 63.4 Å². The van der Waals surface area contributed by atoms with Crippen LogP contribution in [0.5, 0.6) is 0 Å². The van der Waals surface area contributed by atoms with Gasteiger partial charge in [0.15, 0.2) is 5.78 Å². The van der Waals surface area contributed by atoms with E-state index in [4.69, 9.17) is 11.6 Å². The van der Waals surface area contributed by atoms with Gasteiger partial charge in [0.25, 0.3) is 0 Å². The van der Waals surface area contributed by atoms with Crippen molar-refractivity contribution >= 4 is 34.3 Å². The molecule has 0 aliphatic carbocycles. The van der Waals surface area contributed by atoms with Crippen LogP contribution >= 0.6 is 11.6 Å². The molecule has 3 aromatic rings. The summed E-state index contributed by atoms with van der Waals surface area (Å²) in [6.07, 6.45) is -1.38. The number of nitriles is 1. The first kappa shape index (κ1) is 26.7. The summed E-state index contributed by atoms with van der Waals surface area (Å²) in [7, 11) is 1.65. The molecular formula is C27H26ClF3N4O2.